The van der Waals surface area contributed by atoms with Crippen molar-refractivity contribution >= 4 is 21.7 Å². The molecule has 0 spiro atoms. The highest BCUT2D eigenvalue weighted by Gasteiger charge is 2.27. The van der Waals surface area contributed by atoms with Gasteiger partial charge in [0, 0.05) is 12.1 Å². The molecule has 0 saturated heterocycles. The van der Waals surface area contributed by atoms with E-state index in [0.29, 0.717) is 0 Å². The van der Waals surface area contributed by atoms with Crippen LogP contribution in [0.15, 0.2) is 29.2 Å². The molecule has 1 N–H and O–H groups in total. The Morgan fingerprint density at radius 1 is 1.32 bits per heavy atom. The maximum Gasteiger partial charge on any atom is 0.323 e. The van der Waals surface area contributed by atoms with E-state index in [9.17, 15) is 23.3 Å². The minimum atomic E-state index is -3.98. The average Bonchev–Trinajstić information content (AvgIpc) is 2.45. The number of nitrogens with one attached hydrogen (secondary N) is 1. The molecule has 0 aromatic heterocycles. The second-order valence-electron chi connectivity index (χ2n) is 5.08. The van der Waals surface area contributed by atoms with Crippen LogP contribution in [0.2, 0.25) is 0 Å². The normalized spacial score (nSPS) is 12.9. The Kier molecular flexibility index (Phi) is 6.01. The smallest absolute Gasteiger partial charge is 0.323 e. The zero-order valence-electron chi connectivity index (χ0n) is 12.5. The molecular formula is C13H18N2O6S. The van der Waals surface area contributed by atoms with Crippen LogP contribution in [0.1, 0.15) is 20.3 Å². The highest BCUT2D eigenvalue weighted by molar-refractivity contribution is 7.89. The zero-order chi connectivity index (χ0) is 16.9. The van der Waals surface area contributed by atoms with Gasteiger partial charge < -0.3 is 4.74 Å². The van der Waals surface area contributed by atoms with Crippen LogP contribution in [-0.4, -0.2) is 32.5 Å². The molecule has 9 heteroatoms. The number of sulfonamides is 1. The first-order valence-electron chi connectivity index (χ1n) is 6.52. The number of nitrogens with zero attached hydrogens (tertiary/aromatic N) is 1. The van der Waals surface area contributed by atoms with Crippen LogP contribution in [0.4, 0.5) is 5.69 Å². The number of methoxy groups -OCH3 is 1. The van der Waals surface area contributed by atoms with Crippen LogP contribution in [0.5, 0.6) is 0 Å². The molecule has 8 nitrogen and oxygen atoms in total. The first-order chi connectivity index (χ1) is 10.2. The summed E-state index contributed by atoms with van der Waals surface area (Å²) in [5.74, 6) is -0.608. The quantitative estimate of drug-likeness (QED) is 0.460. The summed E-state index contributed by atoms with van der Waals surface area (Å²) in [6.45, 7) is 3.69. The van der Waals surface area contributed by atoms with Crippen molar-refractivity contribution in [1.82, 2.24) is 4.72 Å². The van der Waals surface area contributed by atoms with Gasteiger partial charge in [-0.05, 0) is 24.5 Å². The third-order valence-corrected chi connectivity index (χ3v) is 4.34. The summed E-state index contributed by atoms with van der Waals surface area (Å²) < 4.78 is 31.3. The van der Waals surface area contributed by atoms with Gasteiger partial charge in [-0.1, -0.05) is 13.8 Å². The Morgan fingerprint density at radius 3 is 2.27 bits per heavy atom. The largest absolute Gasteiger partial charge is 0.468 e. The molecule has 0 radical (unpaired) electrons. The fourth-order valence-electron chi connectivity index (χ4n) is 1.81. The van der Waals surface area contributed by atoms with Crippen molar-refractivity contribution in [2.45, 2.75) is 31.2 Å². The maximum atomic E-state index is 12.2. The van der Waals surface area contributed by atoms with Crippen LogP contribution in [0.25, 0.3) is 0 Å². The van der Waals surface area contributed by atoms with Crippen molar-refractivity contribution in [2.24, 2.45) is 5.92 Å². The van der Waals surface area contributed by atoms with E-state index in [2.05, 4.69) is 9.46 Å². The van der Waals surface area contributed by atoms with Gasteiger partial charge in [0.1, 0.15) is 6.04 Å². The molecule has 0 fully saturated rings. The topological polar surface area (TPSA) is 116 Å². The average molecular weight is 330 g/mol. The number of rotatable bonds is 7. The van der Waals surface area contributed by atoms with Crippen LogP contribution >= 0.6 is 0 Å². The first-order valence-corrected chi connectivity index (χ1v) is 8.00. The molecule has 122 valence electrons. The van der Waals surface area contributed by atoms with E-state index < -0.39 is 27.0 Å². The summed E-state index contributed by atoms with van der Waals surface area (Å²) in [6, 6.07) is 3.40. The van der Waals surface area contributed by atoms with E-state index in [0.717, 1.165) is 24.3 Å². The minimum Gasteiger partial charge on any atom is -0.468 e. The fraction of sp³-hybridized carbons (Fsp3) is 0.462. The van der Waals surface area contributed by atoms with Gasteiger partial charge in [0.25, 0.3) is 5.69 Å². The maximum absolute atomic E-state index is 12.2. The Hall–Kier alpha value is -2.00. The summed E-state index contributed by atoms with van der Waals surface area (Å²) in [5, 5.41) is 10.6. The van der Waals surface area contributed by atoms with Crippen LogP contribution in [0, 0.1) is 16.0 Å². The molecule has 22 heavy (non-hydrogen) atoms. The first kappa shape index (κ1) is 18.1. The van der Waals surface area contributed by atoms with Crippen molar-refractivity contribution in [3.8, 4) is 0 Å². The number of non-ortho nitro benzene ring substituents is 1. The lowest BCUT2D eigenvalue weighted by Gasteiger charge is -2.18. The van der Waals surface area contributed by atoms with Gasteiger partial charge in [0.15, 0.2) is 0 Å². The van der Waals surface area contributed by atoms with Gasteiger partial charge in [-0.25, -0.2) is 8.42 Å². The predicted octanol–water partition coefficient (Wildman–Crippen LogP) is 1.46. The predicted molar refractivity (Wildman–Crippen MR) is 78.7 cm³/mol. The summed E-state index contributed by atoms with van der Waals surface area (Å²) in [6.07, 6.45) is 0.277. The van der Waals surface area contributed by atoms with Gasteiger partial charge in [0.05, 0.1) is 16.9 Å². The van der Waals surface area contributed by atoms with Crippen molar-refractivity contribution in [3.63, 3.8) is 0 Å². The van der Waals surface area contributed by atoms with E-state index in [1.165, 1.54) is 7.11 Å². The number of carbonyl (C=O) groups excluding carboxylic acids is 1. The third kappa shape index (κ3) is 4.78. The van der Waals surface area contributed by atoms with Gasteiger partial charge in [-0.3, -0.25) is 14.9 Å². The van der Waals surface area contributed by atoms with Crippen LogP contribution in [-0.2, 0) is 19.6 Å². The third-order valence-electron chi connectivity index (χ3n) is 2.85. The van der Waals surface area contributed by atoms with Crippen molar-refractivity contribution in [3.05, 3.63) is 34.4 Å². The lowest BCUT2D eigenvalue weighted by molar-refractivity contribution is -0.384. The molecule has 0 amide bonds. The van der Waals surface area contributed by atoms with Crippen LogP contribution < -0.4 is 4.72 Å². The van der Waals surface area contributed by atoms with Crippen molar-refractivity contribution in [1.29, 1.82) is 0 Å². The lowest BCUT2D eigenvalue weighted by Crippen LogP contribution is -2.42. The van der Waals surface area contributed by atoms with Crippen molar-refractivity contribution in [2.75, 3.05) is 7.11 Å². The summed E-state index contributed by atoms with van der Waals surface area (Å²) in [7, 11) is -2.80. The molecule has 1 atom stereocenters. The molecule has 1 aromatic rings. The van der Waals surface area contributed by atoms with E-state index in [1.54, 1.807) is 0 Å². The monoisotopic (exact) mass is 330 g/mol. The highest BCUT2D eigenvalue weighted by atomic mass is 32.2. The Balaban J connectivity index is 3.01. The fourth-order valence-corrected chi connectivity index (χ4v) is 3.01. The number of nitro groups is 1. The standard InChI is InChI=1S/C13H18N2O6S/c1-9(2)8-12(13(16)21-3)14-22(19,20)11-6-4-10(5-7-11)15(17)18/h4-7,9,12,14H,8H2,1-3H3. The van der Waals surface area contributed by atoms with E-state index in [1.807, 2.05) is 13.8 Å². The number of hydrogen-bond acceptors (Lipinski definition) is 6. The second-order valence-corrected chi connectivity index (χ2v) is 6.79. The number of carbonyl (C=O) groups is 1. The van der Waals surface area contributed by atoms with Crippen molar-refractivity contribution < 1.29 is 22.9 Å². The highest BCUT2D eigenvalue weighted by Crippen LogP contribution is 2.17. The molecular weight excluding hydrogens is 312 g/mol. The van der Waals surface area contributed by atoms with Crippen LogP contribution in [0.3, 0.4) is 0 Å². The molecule has 0 aliphatic rings. The second kappa shape index (κ2) is 7.32. The lowest BCUT2D eigenvalue weighted by atomic mass is 10.1. The molecule has 1 unspecified atom stereocenters. The number of hydrogen-bond donors (Lipinski definition) is 1. The zero-order valence-corrected chi connectivity index (χ0v) is 13.3. The Bertz CT molecular complexity index is 639. The number of esters is 1. The Morgan fingerprint density at radius 2 is 1.86 bits per heavy atom. The molecule has 0 bridgehead atoms. The molecule has 0 saturated carbocycles. The summed E-state index contributed by atoms with van der Waals surface area (Å²) in [5.41, 5.74) is -0.217. The van der Waals surface area contributed by atoms with Gasteiger partial charge in [-0.15, -0.1) is 0 Å². The number of benzene rings is 1. The summed E-state index contributed by atoms with van der Waals surface area (Å²) in [4.78, 5) is 21.4. The van der Waals surface area contributed by atoms with Gasteiger partial charge in [-0.2, -0.15) is 4.72 Å². The molecule has 0 aliphatic heterocycles. The van der Waals surface area contributed by atoms with E-state index in [4.69, 9.17) is 0 Å². The summed E-state index contributed by atoms with van der Waals surface area (Å²) >= 11 is 0. The van der Waals surface area contributed by atoms with E-state index >= 15 is 0 Å². The minimum absolute atomic E-state index is 0.0728. The van der Waals surface area contributed by atoms with Gasteiger partial charge >= 0.3 is 5.97 Å². The van der Waals surface area contributed by atoms with E-state index in [-0.39, 0.29) is 22.9 Å². The molecule has 1 rings (SSSR count). The molecule has 0 aliphatic carbocycles. The molecule has 1 aromatic carbocycles. The Labute approximate surface area is 128 Å². The SMILES string of the molecule is COC(=O)C(CC(C)C)NS(=O)(=O)c1ccc([N+](=O)[O-])cc1. The molecule has 0 heterocycles. The number of nitro benzene ring substituents is 1. The number of ether oxygens (including phenoxy) is 1. The van der Waals surface area contributed by atoms with Gasteiger partial charge in [0.2, 0.25) is 10.0 Å².